The Kier molecular flexibility index (Phi) is 7.42. The predicted molar refractivity (Wildman–Crippen MR) is 120 cm³/mol. The van der Waals surface area contributed by atoms with Crippen LogP contribution in [-0.4, -0.2) is 0 Å². The minimum Gasteiger partial charge on any atom is -0.489 e. The third-order valence-electron chi connectivity index (χ3n) is 5.95. The molecule has 0 heterocycles. The maximum Gasteiger partial charge on any atom is 0.166 e. The van der Waals surface area contributed by atoms with Crippen molar-refractivity contribution in [1.29, 1.82) is 0 Å². The molecule has 4 heteroatoms. The van der Waals surface area contributed by atoms with Gasteiger partial charge in [-0.15, -0.1) is 0 Å². The Morgan fingerprint density at radius 1 is 1.00 bits per heavy atom. The van der Waals surface area contributed by atoms with Gasteiger partial charge in [0.1, 0.15) is 18.2 Å². The maximum absolute atomic E-state index is 14.9. The highest BCUT2D eigenvalue weighted by Crippen LogP contribution is 2.38. The standard InChI is InChI=1S/C27H29F3O/c1-17(2)25(28)15-19(4)31-16-20-7-11-22(12-8-20)24-14-13-23(26(29)27(24)30)21-9-5-18(3)6-10-21/h7-8,11-15,18,21H,1,4-6,9-10,16H2,2-3H3/b25-15+. The van der Waals surface area contributed by atoms with Crippen molar-refractivity contribution < 1.29 is 17.9 Å². The van der Waals surface area contributed by atoms with Gasteiger partial charge in [0.2, 0.25) is 0 Å². The first-order valence-electron chi connectivity index (χ1n) is 10.7. The fourth-order valence-corrected chi connectivity index (χ4v) is 3.94. The molecule has 0 amide bonds. The first-order valence-corrected chi connectivity index (χ1v) is 10.7. The second-order valence-corrected chi connectivity index (χ2v) is 8.51. The molecule has 164 valence electrons. The predicted octanol–water partition coefficient (Wildman–Crippen LogP) is 8.39. The molecule has 1 aliphatic carbocycles. The van der Waals surface area contributed by atoms with Crippen LogP contribution in [0.5, 0.6) is 0 Å². The largest absolute Gasteiger partial charge is 0.489 e. The Bertz CT molecular complexity index is 980. The van der Waals surface area contributed by atoms with Crippen LogP contribution in [0.2, 0.25) is 0 Å². The van der Waals surface area contributed by atoms with Crippen molar-refractivity contribution in [3.63, 3.8) is 0 Å². The average molecular weight is 427 g/mol. The SMILES string of the molecule is C=C(/C=C(/F)C(=C)C)OCc1ccc(-c2ccc(C3CCC(C)CC3)c(F)c2F)cc1. The number of halogens is 3. The van der Waals surface area contributed by atoms with Crippen LogP contribution in [0.25, 0.3) is 11.1 Å². The molecular weight excluding hydrogens is 397 g/mol. The van der Waals surface area contributed by atoms with Gasteiger partial charge in [0, 0.05) is 11.6 Å². The number of hydrogen-bond donors (Lipinski definition) is 0. The molecule has 2 aromatic rings. The molecule has 1 aliphatic rings. The van der Waals surface area contributed by atoms with E-state index in [4.69, 9.17) is 4.74 Å². The summed E-state index contributed by atoms with van der Waals surface area (Å²) in [5.74, 6) is -1.07. The monoisotopic (exact) mass is 426 g/mol. The number of benzene rings is 2. The summed E-state index contributed by atoms with van der Waals surface area (Å²) in [5, 5.41) is 0. The Balaban J connectivity index is 1.69. The van der Waals surface area contributed by atoms with Gasteiger partial charge < -0.3 is 4.74 Å². The van der Waals surface area contributed by atoms with E-state index >= 15 is 0 Å². The number of rotatable bonds is 7. The topological polar surface area (TPSA) is 9.23 Å². The van der Waals surface area contributed by atoms with Crippen LogP contribution in [0.15, 0.2) is 72.8 Å². The molecule has 1 nitrogen and oxygen atoms in total. The zero-order valence-corrected chi connectivity index (χ0v) is 18.2. The highest BCUT2D eigenvalue weighted by molar-refractivity contribution is 5.65. The van der Waals surface area contributed by atoms with Crippen LogP contribution in [0.1, 0.15) is 56.6 Å². The van der Waals surface area contributed by atoms with E-state index in [-0.39, 0.29) is 23.8 Å². The van der Waals surface area contributed by atoms with Crippen LogP contribution in [-0.2, 0) is 11.3 Å². The molecule has 0 spiro atoms. The third-order valence-corrected chi connectivity index (χ3v) is 5.95. The van der Waals surface area contributed by atoms with Crippen molar-refractivity contribution in [2.45, 2.75) is 52.1 Å². The lowest BCUT2D eigenvalue weighted by atomic mass is 9.79. The third kappa shape index (κ3) is 5.69. The molecule has 0 radical (unpaired) electrons. The molecule has 1 fully saturated rings. The summed E-state index contributed by atoms with van der Waals surface area (Å²) in [4.78, 5) is 0. The highest BCUT2D eigenvalue weighted by Gasteiger charge is 2.25. The van der Waals surface area contributed by atoms with Gasteiger partial charge in [0.15, 0.2) is 11.6 Å². The van der Waals surface area contributed by atoms with E-state index < -0.39 is 17.5 Å². The molecule has 0 aromatic heterocycles. The first kappa shape index (κ1) is 22.9. The van der Waals surface area contributed by atoms with Gasteiger partial charge in [-0.05, 0) is 53.9 Å². The molecule has 0 bridgehead atoms. The van der Waals surface area contributed by atoms with Crippen LogP contribution < -0.4 is 0 Å². The lowest BCUT2D eigenvalue weighted by Gasteiger charge is -2.27. The zero-order valence-electron chi connectivity index (χ0n) is 18.2. The van der Waals surface area contributed by atoms with E-state index in [1.807, 2.05) is 0 Å². The van der Waals surface area contributed by atoms with E-state index in [0.717, 1.165) is 31.2 Å². The molecule has 2 aromatic carbocycles. The lowest BCUT2D eigenvalue weighted by Crippen LogP contribution is -2.13. The van der Waals surface area contributed by atoms with Crippen LogP contribution in [0.4, 0.5) is 13.2 Å². The van der Waals surface area contributed by atoms with Gasteiger partial charge in [0.05, 0.1) is 0 Å². The zero-order chi connectivity index (χ0) is 22.5. The van der Waals surface area contributed by atoms with Crippen molar-refractivity contribution in [2.24, 2.45) is 5.92 Å². The molecule has 31 heavy (non-hydrogen) atoms. The minimum atomic E-state index is -0.797. The molecule has 0 unspecified atom stereocenters. The van der Waals surface area contributed by atoms with Crippen LogP contribution in [0.3, 0.4) is 0 Å². The van der Waals surface area contributed by atoms with Crippen molar-refractivity contribution in [2.75, 3.05) is 0 Å². The van der Waals surface area contributed by atoms with Gasteiger partial charge in [-0.1, -0.05) is 69.3 Å². The van der Waals surface area contributed by atoms with E-state index in [2.05, 4.69) is 20.1 Å². The molecule has 0 N–H and O–H groups in total. The number of ether oxygens (including phenoxy) is 1. The van der Waals surface area contributed by atoms with Crippen molar-refractivity contribution in [1.82, 2.24) is 0 Å². The summed E-state index contributed by atoms with van der Waals surface area (Å²) in [6.07, 6.45) is 5.10. The highest BCUT2D eigenvalue weighted by atomic mass is 19.2. The normalized spacial score (nSPS) is 19.2. The van der Waals surface area contributed by atoms with Gasteiger partial charge in [-0.3, -0.25) is 0 Å². The smallest absolute Gasteiger partial charge is 0.166 e. The Morgan fingerprint density at radius 3 is 2.26 bits per heavy atom. The summed E-state index contributed by atoms with van der Waals surface area (Å²) < 4.78 is 48.7. The fraction of sp³-hybridized carbons (Fsp3) is 0.333. The summed E-state index contributed by atoms with van der Waals surface area (Å²) in [7, 11) is 0. The Labute approximate surface area is 182 Å². The van der Waals surface area contributed by atoms with Crippen LogP contribution >= 0.6 is 0 Å². The minimum absolute atomic E-state index is 0.0936. The second kappa shape index (κ2) is 10.0. The average Bonchev–Trinajstić information content (AvgIpc) is 2.75. The fourth-order valence-electron chi connectivity index (χ4n) is 3.94. The molecule has 0 atom stereocenters. The molecule has 1 saturated carbocycles. The first-order chi connectivity index (χ1) is 14.8. The molecule has 0 aliphatic heterocycles. The summed E-state index contributed by atoms with van der Waals surface area (Å²) in [6, 6.07) is 10.4. The molecule has 3 rings (SSSR count). The number of allylic oxidation sites excluding steroid dienone is 3. The number of hydrogen-bond acceptors (Lipinski definition) is 1. The molecule has 0 saturated heterocycles. The lowest BCUT2D eigenvalue weighted by molar-refractivity contribution is 0.211. The van der Waals surface area contributed by atoms with Crippen molar-refractivity contribution in [3.05, 3.63) is 95.6 Å². The van der Waals surface area contributed by atoms with Gasteiger partial charge in [-0.2, -0.15) is 0 Å². The van der Waals surface area contributed by atoms with E-state index in [9.17, 15) is 13.2 Å². The Hall–Kier alpha value is -2.75. The van der Waals surface area contributed by atoms with E-state index in [1.54, 1.807) is 43.3 Å². The van der Waals surface area contributed by atoms with Crippen LogP contribution in [0, 0.1) is 17.6 Å². The van der Waals surface area contributed by atoms with E-state index in [1.165, 1.54) is 6.08 Å². The van der Waals surface area contributed by atoms with Crippen molar-refractivity contribution in [3.8, 4) is 11.1 Å². The van der Waals surface area contributed by atoms with Crippen molar-refractivity contribution >= 4 is 0 Å². The second-order valence-electron chi connectivity index (χ2n) is 8.51. The van der Waals surface area contributed by atoms with Gasteiger partial charge >= 0.3 is 0 Å². The maximum atomic E-state index is 14.9. The summed E-state index contributed by atoms with van der Waals surface area (Å²) in [6.45, 7) is 11.1. The Morgan fingerprint density at radius 2 is 1.65 bits per heavy atom. The quantitative estimate of drug-likeness (QED) is 0.319. The summed E-state index contributed by atoms with van der Waals surface area (Å²) >= 11 is 0. The molecular formula is C27H29F3O. The van der Waals surface area contributed by atoms with E-state index in [0.29, 0.717) is 22.6 Å². The van der Waals surface area contributed by atoms with Gasteiger partial charge in [-0.25, -0.2) is 13.2 Å². The van der Waals surface area contributed by atoms with Gasteiger partial charge in [0.25, 0.3) is 0 Å². The summed E-state index contributed by atoms with van der Waals surface area (Å²) in [5.41, 5.74) is 2.44.